The number of alkyl halides is 3. The summed E-state index contributed by atoms with van der Waals surface area (Å²) in [6.07, 6.45) is 0. The zero-order valence-electron chi connectivity index (χ0n) is 8.11. The highest BCUT2D eigenvalue weighted by molar-refractivity contribution is 8.00. The second kappa shape index (κ2) is 5.73. The van der Waals surface area contributed by atoms with Crippen molar-refractivity contribution < 1.29 is 31.5 Å². The first-order valence-electron chi connectivity index (χ1n) is 3.98. The Morgan fingerprint density at radius 1 is 1.50 bits per heavy atom. The molecule has 0 saturated carbocycles. The number of thioether (sulfide) groups is 1. The zero-order chi connectivity index (χ0) is 13.0. The van der Waals surface area contributed by atoms with Gasteiger partial charge in [-0.1, -0.05) is 0 Å². The van der Waals surface area contributed by atoms with Gasteiger partial charge in [0, 0.05) is 12.3 Å². The van der Waals surface area contributed by atoms with Gasteiger partial charge in [0.25, 0.3) is 0 Å². The monoisotopic (exact) mass is 281 g/mol. The summed E-state index contributed by atoms with van der Waals surface area (Å²) in [4.78, 5) is 10.3. The number of halogens is 3. The molecule has 0 aromatic heterocycles. The lowest BCUT2D eigenvalue weighted by Gasteiger charge is -2.10. The first-order chi connectivity index (χ1) is 7.06. The minimum Gasteiger partial charge on any atom is -0.480 e. The minimum atomic E-state index is -4.43. The first kappa shape index (κ1) is 15.5. The van der Waals surface area contributed by atoms with Crippen LogP contribution < -0.4 is 4.72 Å². The third-order valence-corrected chi connectivity index (χ3v) is 3.96. The topological polar surface area (TPSA) is 83.5 Å². The van der Waals surface area contributed by atoms with Crippen molar-refractivity contribution in [3.05, 3.63) is 0 Å². The van der Waals surface area contributed by atoms with Crippen molar-refractivity contribution in [1.29, 1.82) is 0 Å². The molecule has 0 amide bonds. The van der Waals surface area contributed by atoms with Crippen molar-refractivity contribution in [2.24, 2.45) is 0 Å². The molecule has 0 saturated heterocycles. The molecule has 0 aliphatic heterocycles. The predicted octanol–water partition coefficient (Wildman–Crippen LogP) is 0.632. The number of carboxylic acid groups (broad SMARTS) is 1. The van der Waals surface area contributed by atoms with Gasteiger partial charge in [-0.15, -0.1) is 0 Å². The Bertz CT molecular complexity index is 340. The average molecular weight is 281 g/mol. The Labute approximate surface area is 94.5 Å². The highest BCUT2D eigenvalue weighted by atomic mass is 32.2. The third-order valence-electron chi connectivity index (χ3n) is 1.48. The molecule has 5 nitrogen and oxygen atoms in total. The van der Waals surface area contributed by atoms with Gasteiger partial charge < -0.3 is 5.11 Å². The van der Waals surface area contributed by atoms with Crippen LogP contribution in [-0.4, -0.2) is 42.5 Å². The number of rotatable bonds is 6. The second-order valence-electron chi connectivity index (χ2n) is 2.71. The van der Waals surface area contributed by atoms with Crippen molar-refractivity contribution in [3.8, 4) is 0 Å². The van der Waals surface area contributed by atoms with E-state index in [9.17, 15) is 26.4 Å². The number of aliphatic carboxylic acids is 1. The Balaban J connectivity index is 4.07. The van der Waals surface area contributed by atoms with E-state index in [0.29, 0.717) is 0 Å². The summed E-state index contributed by atoms with van der Waals surface area (Å²) in [5.74, 6) is -2.06. The van der Waals surface area contributed by atoms with Crippen LogP contribution in [0.4, 0.5) is 13.2 Å². The molecular formula is C6H10F3NO4S2. The van der Waals surface area contributed by atoms with Crippen LogP contribution in [-0.2, 0) is 14.8 Å². The van der Waals surface area contributed by atoms with Gasteiger partial charge in [0.05, 0.1) is 0 Å². The molecule has 1 unspecified atom stereocenters. The standard InChI is InChI=1S/C6H10F3NO4S2/c1-4(5(11)12)16(13,14)10-2-3-15-6(7,8)9/h4,10H,2-3H2,1H3,(H,11,12). The van der Waals surface area contributed by atoms with Crippen molar-refractivity contribution >= 4 is 27.8 Å². The van der Waals surface area contributed by atoms with Gasteiger partial charge in [0.1, 0.15) is 0 Å². The molecule has 1 atom stereocenters. The Morgan fingerprint density at radius 3 is 2.38 bits per heavy atom. The van der Waals surface area contributed by atoms with E-state index in [1.807, 2.05) is 0 Å². The lowest BCUT2D eigenvalue weighted by molar-refractivity contribution is -0.136. The normalized spacial score (nSPS) is 14.8. The van der Waals surface area contributed by atoms with Crippen LogP contribution in [0.1, 0.15) is 6.92 Å². The Hall–Kier alpha value is -0.480. The summed E-state index contributed by atoms with van der Waals surface area (Å²) in [6.45, 7) is 0.464. The highest BCUT2D eigenvalue weighted by Crippen LogP contribution is 2.29. The Morgan fingerprint density at radius 2 is 2.00 bits per heavy atom. The number of sulfonamides is 1. The Kier molecular flexibility index (Phi) is 5.56. The number of carboxylic acids is 1. The lowest BCUT2D eigenvalue weighted by Crippen LogP contribution is -2.38. The van der Waals surface area contributed by atoms with Crippen LogP contribution in [0.2, 0.25) is 0 Å². The fourth-order valence-corrected chi connectivity index (χ4v) is 2.08. The number of nitrogens with one attached hydrogen (secondary N) is 1. The van der Waals surface area contributed by atoms with Gasteiger partial charge in [-0.05, 0) is 18.7 Å². The fraction of sp³-hybridized carbons (Fsp3) is 0.833. The van der Waals surface area contributed by atoms with E-state index in [0.717, 1.165) is 6.92 Å². The summed E-state index contributed by atoms with van der Waals surface area (Å²) in [5, 5.41) is 6.71. The van der Waals surface area contributed by atoms with E-state index in [1.165, 1.54) is 0 Å². The molecule has 0 radical (unpaired) electrons. The van der Waals surface area contributed by atoms with E-state index in [-0.39, 0.29) is 11.8 Å². The van der Waals surface area contributed by atoms with Gasteiger partial charge in [0.2, 0.25) is 10.0 Å². The van der Waals surface area contributed by atoms with Gasteiger partial charge in [-0.25, -0.2) is 13.1 Å². The molecule has 0 aromatic carbocycles. The smallest absolute Gasteiger partial charge is 0.441 e. The summed E-state index contributed by atoms with van der Waals surface area (Å²) >= 11 is -0.380. The molecule has 0 rings (SSSR count). The van der Waals surface area contributed by atoms with E-state index in [1.54, 1.807) is 4.72 Å². The third kappa shape index (κ3) is 6.18. The van der Waals surface area contributed by atoms with Crippen molar-refractivity contribution in [2.75, 3.05) is 12.3 Å². The maximum Gasteiger partial charge on any atom is 0.441 e. The lowest BCUT2D eigenvalue weighted by atomic mass is 10.5. The number of carbonyl (C=O) groups is 1. The summed E-state index contributed by atoms with van der Waals surface area (Å²) in [6, 6.07) is 0. The van der Waals surface area contributed by atoms with Gasteiger partial charge in [-0.3, -0.25) is 4.79 Å². The average Bonchev–Trinajstić information content (AvgIpc) is 2.09. The van der Waals surface area contributed by atoms with Crippen LogP contribution in [0.3, 0.4) is 0 Å². The van der Waals surface area contributed by atoms with E-state index in [2.05, 4.69) is 0 Å². The van der Waals surface area contributed by atoms with Gasteiger partial charge >= 0.3 is 11.5 Å². The van der Waals surface area contributed by atoms with Crippen molar-refractivity contribution in [1.82, 2.24) is 4.72 Å². The number of hydrogen-bond acceptors (Lipinski definition) is 4. The summed E-state index contributed by atoms with van der Waals surface area (Å²) < 4.78 is 59.0. The van der Waals surface area contributed by atoms with Crippen LogP contribution in [0.15, 0.2) is 0 Å². The predicted molar refractivity (Wildman–Crippen MR) is 52.5 cm³/mol. The maximum atomic E-state index is 11.7. The second-order valence-corrected chi connectivity index (χ2v) is 5.96. The van der Waals surface area contributed by atoms with E-state index < -0.39 is 39.0 Å². The highest BCUT2D eigenvalue weighted by Gasteiger charge is 2.29. The van der Waals surface area contributed by atoms with Crippen molar-refractivity contribution in [3.63, 3.8) is 0 Å². The molecule has 0 spiro atoms. The molecule has 2 N–H and O–H groups in total. The zero-order valence-corrected chi connectivity index (χ0v) is 9.75. The fourth-order valence-electron chi connectivity index (χ4n) is 0.608. The SMILES string of the molecule is CC(C(=O)O)S(=O)(=O)NCCSC(F)(F)F. The van der Waals surface area contributed by atoms with Gasteiger partial charge in [-0.2, -0.15) is 13.2 Å². The van der Waals surface area contributed by atoms with Crippen LogP contribution >= 0.6 is 11.8 Å². The molecule has 10 heteroatoms. The van der Waals surface area contributed by atoms with Gasteiger partial charge in [0.15, 0.2) is 5.25 Å². The molecule has 0 aliphatic carbocycles. The molecule has 16 heavy (non-hydrogen) atoms. The molecule has 0 aromatic rings. The van der Waals surface area contributed by atoms with Crippen LogP contribution in [0.25, 0.3) is 0 Å². The quantitative estimate of drug-likeness (QED) is 0.698. The maximum absolute atomic E-state index is 11.7. The number of hydrogen-bond donors (Lipinski definition) is 2. The van der Waals surface area contributed by atoms with Crippen molar-refractivity contribution in [2.45, 2.75) is 17.7 Å². The molecule has 96 valence electrons. The summed E-state index contributed by atoms with van der Waals surface area (Å²) in [7, 11) is -4.11. The minimum absolute atomic E-state index is 0.380. The molecular weight excluding hydrogens is 271 g/mol. The van der Waals surface area contributed by atoms with Crippen LogP contribution in [0.5, 0.6) is 0 Å². The molecule has 0 heterocycles. The summed E-state index contributed by atoms with van der Waals surface area (Å²) in [5.41, 5.74) is -4.43. The van der Waals surface area contributed by atoms with E-state index in [4.69, 9.17) is 5.11 Å². The molecule has 0 aliphatic rings. The molecule has 0 bridgehead atoms. The largest absolute Gasteiger partial charge is 0.480 e. The van der Waals surface area contributed by atoms with E-state index >= 15 is 0 Å². The first-order valence-corrected chi connectivity index (χ1v) is 6.51. The van der Waals surface area contributed by atoms with Crippen LogP contribution in [0, 0.1) is 0 Å². The molecule has 0 fully saturated rings.